The van der Waals surface area contributed by atoms with Crippen molar-refractivity contribution in [1.82, 2.24) is 9.80 Å². The van der Waals surface area contributed by atoms with Crippen molar-refractivity contribution in [3.63, 3.8) is 0 Å². The smallest absolute Gasteiger partial charge is 0.410 e. The molecule has 27 heavy (non-hydrogen) atoms. The van der Waals surface area contributed by atoms with Crippen molar-refractivity contribution in [3.05, 3.63) is 35.9 Å². The second-order valence-corrected chi connectivity index (χ2v) is 7.79. The highest BCUT2D eigenvalue weighted by Crippen LogP contribution is 2.27. The Morgan fingerprint density at radius 2 is 1.85 bits per heavy atom. The number of piperazine rings is 1. The SMILES string of the molecule is CC1CN(C(=O)C(N)C2CCCCC2)CCN1C(=O)OCc1ccccc1. The van der Waals surface area contributed by atoms with Crippen LogP contribution in [-0.2, 0) is 16.1 Å². The summed E-state index contributed by atoms with van der Waals surface area (Å²) in [6, 6.07) is 9.15. The largest absolute Gasteiger partial charge is 0.445 e. The Morgan fingerprint density at radius 1 is 1.15 bits per heavy atom. The molecule has 0 radical (unpaired) electrons. The van der Waals surface area contributed by atoms with Crippen molar-refractivity contribution in [2.24, 2.45) is 11.7 Å². The van der Waals surface area contributed by atoms with Gasteiger partial charge in [-0.15, -0.1) is 0 Å². The Hall–Kier alpha value is -2.08. The lowest BCUT2D eigenvalue weighted by Crippen LogP contribution is -2.59. The summed E-state index contributed by atoms with van der Waals surface area (Å²) in [5.41, 5.74) is 7.24. The zero-order valence-corrected chi connectivity index (χ0v) is 16.2. The summed E-state index contributed by atoms with van der Waals surface area (Å²) < 4.78 is 5.44. The molecule has 2 fully saturated rings. The first-order chi connectivity index (χ1) is 13.1. The van der Waals surface area contributed by atoms with Gasteiger partial charge in [-0.3, -0.25) is 4.79 Å². The van der Waals surface area contributed by atoms with Crippen LogP contribution >= 0.6 is 0 Å². The Labute approximate surface area is 161 Å². The Bertz CT molecular complexity index is 631. The number of nitrogens with zero attached hydrogens (tertiary/aromatic N) is 2. The first-order valence-corrected chi connectivity index (χ1v) is 10.1. The average molecular weight is 373 g/mol. The molecule has 1 saturated carbocycles. The molecule has 2 aliphatic rings. The fourth-order valence-corrected chi connectivity index (χ4v) is 4.14. The number of ether oxygens (including phenoxy) is 1. The van der Waals surface area contributed by atoms with E-state index in [9.17, 15) is 9.59 Å². The predicted octanol–water partition coefficient (Wildman–Crippen LogP) is 2.76. The molecule has 148 valence electrons. The molecule has 2 amide bonds. The molecule has 2 unspecified atom stereocenters. The van der Waals surface area contributed by atoms with Gasteiger partial charge in [-0.2, -0.15) is 0 Å². The van der Waals surface area contributed by atoms with Crippen molar-refractivity contribution in [1.29, 1.82) is 0 Å². The molecule has 0 spiro atoms. The lowest BCUT2D eigenvalue weighted by Gasteiger charge is -2.41. The number of carbonyl (C=O) groups is 2. The van der Waals surface area contributed by atoms with Crippen molar-refractivity contribution >= 4 is 12.0 Å². The molecule has 6 heteroatoms. The van der Waals surface area contributed by atoms with Crippen LogP contribution in [-0.4, -0.2) is 53.5 Å². The van der Waals surface area contributed by atoms with E-state index in [4.69, 9.17) is 10.5 Å². The first kappa shape index (κ1) is 19.7. The summed E-state index contributed by atoms with van der Waals surface area (Å²) >= 11 is 0. The van der Waals surface area contributed by atoms with E-state index < -0.39 is 6.04 Å². The zero-order valence-electron chi connectivity index (χ0n) is 16.2. The number of hydrogen-bond acceptors (Lipinski definition) is 4. The van der Waals surface area contributed by atoms with Crippen LogP contribution < -0.4 is 5.73 Å². The molecule has 1 aromatic rings. The van der Waals surface area contributed by atoms with E-state index in [2.05, 4.69) is 0 Å². The highest BCUT2D eigenvalue weighted by Gasteiger charge is 2.35. The van der Waals surface area contributed by atoms with Crippen LogP contribution in [0.2, 0.25) is 0 Å². The third-order valence-electron chi connectivity index (χ3n) is 5.82. The van der Waals surface area contributed by atoms with Gasteiger partial charge in [-0.05, 0) is 31.2 Å². The van der Waals surface area contributed by atoms with Gasteiger partial charge in [-0.25, -0.2) is 4.79 Å². The fourth-order valence-electron chi connectivity index (χ4n) is 4.14. The lowest BCUT2D eigenvalue weighted by atomic mass is 9.83. The molecule has 1 saturated heterocycles. The molecule has 1 aromatic carbocycles. The highest BCUT2D eigenvalue weighted by atomic mass is 16.6. The lowest BCUT2D eigenvalue weighted by molar-refractivity contribution is -0.136. The van der Waals surface area contributed by atoms with Crippen molar-refractivity contribution in [2.75, 3.05) is 19.6 Å². The topological polar surface area (TPSA) is 75.9 Å². The van der Waals surface area contributed by atoms with E-state index in [0.717, 1.165) is 18.4 Å². The molecular weight excluding hydrogens is 342 g/mol. The predicted molar refractivity (Wildman–Crippen MR) is 104 cm³/mol. The molecule has 2 N–H and O–H groups in total. The first-order valence-electron chi connectivity index (χ1n) is 10.1. The van der Waals surface area contributed by atoms with E-state index in [1.807, 2.05) is 42.2 Å². The van der Waals surface area contributed by atoms with E-state index in [-0.39, 0.29) is 24.6 Å². The van der Waals surface area contributed by atoms with Gasteiger partial charge in [0.15, 0.2) is 0 Å². The van der Waals surface area contributed by atoms with Crippen LogP contribution in [0.1, 0.15) is 44.6 Å². The van der Waals surface area contributed by atoms with Crippen LogP contribution in [0, 0.1) is 5.92 Å². The van der Waals surface area contributed by atoms with Crippen LogP contribution in [0.25, 0.3) is 0 Å². The van der Waals surface area contributed by atoms with Crippen molar-refractivity contribution in [3.8, 4) is 0 Å². The Balaban J connectivity index is 1.49. The molecule has 0 aromatic heterocycles. The quantitative estimate of drug-likeness (QED) is 0.880. The second kappa shape index (κ2) is 9.22. The molecule has 3 rings (SSSR count). The number of carbonyl (C=O) groups excluding carboxylic acids is 2. The molecule has 6 nitrogen and oxygen atoms in total. The van der Waals surface area contributed by atoms with Crippen LogP contribution in [0.15, 0.2) is 30.3 Å². The molecule has 1 aliphatic heterocycles. The van der Waals surface area contributed by atoms with Crippen LogP contribution in [0.3, 0.4) is 0 Å². The maximum Gasteiger partial charge on any atom is 0.410 e. The number of rotatable bonds is 4. The monoisotopic (exact) mass is 373 g/mol. The average Bonchev–Trinajstić information content (AvgIpc) is 2.72. The zero-order chi connectivity index (χ0) is 19.2. The number of nitrogens with two attached hydrogens (primary N) is 1. The number of benzene rings is 1. The van der Waals surface area contributed by atoms with E-state index in [1.165, 1.54) is 19.3 Å². The summed E-state index contributed by atoms with van der Waals surface area (Å²) in [6.07, 6.45) is 5.36. The summed E-state index contributed by atoms with van der Waals surface area (Å²) in [6.45, 7) is 3.73. The minimum Gasteiger partial charge on any atom is -0.445 e. The maximum absolute atomic E-state index is 12.8. The molecule has 0 bridgehead atoms. The van der Waals surface area contributed by atoms with Gasteiger partial charge in [0.25, 0.3) is 0 Å². The fraction of sp³-hybridized carbons (Fsp3) is 0.619. The van der Waals surface area contributed by atoms with Crippen LogP contribution in [0.4, 0.5) is 4.79 Å². The molecule has 2 atom stereocenters. The minimum atomic E-state index is -0.408. The standard InChI is InChI=1S/C21H31N3O3/c1-16-14-23(20(25)19(22)18-10-6-3-7-11-18)12-13-24(16)21(26)27-15-17-8-4-2-5-9-17/h2,4-5,8-9,16,18-19H,3,6-7,10-15,22H2,1H3. The number of hydrogen-bond donors (Lipinski definition) is 1. The Morgan fingerprint density at radius 3 is 2.52 bits per heavy atom. The third-order valence-corrected chi connectivity index (χ3v) is 5.82. The normalized spacial score (nSPS) is 22.4. The van der Waals surface area contributed by atoms with Gasteiger partial charge >= 0.3 is 6.09 Å². The van der Waals surface area contributed by atoms with E-state index in [0.29, 0.717) is 25.6 Å². The van der Waals surface area contributed by atoms with E-state index >= 15 is 0 Å². The van der Waals surface area contributed by atoms with E-state index in [1.54, 1.807) is 4.90 Å². The van der Waals surface area contributed by atoms with Gasteiger partial charge in [0.05, 0.1) is 6.04 Å². The van der Waals surface area contributed by atoms with Gasteiger partial charge in [0.2, 0.25) is 5.91 Å². The van der Waals surface area contributed by atoms with Gasteiger partial charge < -0.3 is 20.3 Å². The summed E-state index contributed by atoms with van der Waals surface area (Å²) in [7, 11) is 0. The second-order valence-electron chi connectivity index (χ2n) is 7.79. The molecular formula is C21H31N3O3. The summed E-state index contributed by atoms with van der Waals surface area (Å²) in [4.78, 5) is 28.7. The third kappa shape index (κ3) is 5.01. The van der Waals surface area contributed by atoms with Gasteiger partial charge in [0, 0.05) is 25.7 Å². The molecule has 1 heterocycles. The number of amides is 2. The maximum atomic E-state index is 12.8. The van der Waals surface area contributed by atoms with Crippen LogP contribution in [0.5, 0.6) is 0 Å². The Kier molecular flexibility index (Phi) is 6.72. The minimum absolute atomic E-state index is 0.0334. The van der Waals surface area contributed by atoms with Gasteiger partial charge in [-0.1, -0.05) is 49.6 Å². The van der Waals surface area contributed by atoms with Gasteiger partial charge in [0.1, 0.15) is 6.61 Å². The highest BCUT2D eigenvalue weighted by molar-refractivity contribution is 5.82. The van der Waals surface area contributed by atoms with Crippen molar-refractivity contribution < 1.29 is 14.3 Å². The summed E-state index contributed by atoms with van der Waals surface area (Å²) in [5, 5.41) is 0. The van der Waals surface area contributed by atoms with Crippen molar-refractivity contribution in [2.45, 2.75) is 57.7 Å². The summed E-state index contributed by atoms with van der Waals surface area (Å²) in [5.74, 6) is 0.335. The molecule has 1 aliphatic carbocycles.